The third kappa shape index (κ3) is 5.62. The summed E-state index contributed by atoms with van der Waals surface area (Å²) in [4.78, 5) is 2.36. The maximum Gasteiger partial charge on any atom is 0.183 e. The fourth-order valence-corrected chi connectivity index (χ4v) is 4.27. The van der Waals surface area contributed by atoms with Crippen LogP contribution in [0.4, 0.5) is 0 Å². The molecule has 0 N–H and O–H groups in total. The molecule has 0 amide bonds. The van der Waals surface area contributed by atoms with Crippen LogP contribution in [0.25, 0.3) is 11.4 Å². The van der Waals surface area contributed by atoms with E-state index in [1.807, 2.05) is 30.3 Å². The number of piperidine rings is 1. The van der Waals surface area contributed by atoms with Crippen molar-refractivity contribution in [3.63, 3.8) is 0 Å². The lowest BCUT2D eigenvalue weighted by Crippen LogP contribution is -2.40. The van der Waals surface area contributed by atoms with Crippen molar-refractivity contribution in [2.45, 2.75) is 31.8 Å². The number of nitrogens with zero attached hydrogens (tertiary/aromatic N) is 5. The Labute approximate surface area is 202 Å². The fraction of sp³-hybridized carbons (Fsp3) is 0.381. The number of rotatable bonds is 6. The zero-order valence-electron chi connectivity index (χ0n) is 17.0. The van der Waals surface area contributed by atoms with Gasteiger partial charge in [-0.05, 0) is 67.2 Å². The molecule has 4 rings (SSSR count). The van der Waals surface area contributed by atoms with Crippen LogP contribution in [-0.2, 0) is 6.54 Å². The number of hydrogen-bond acceptors (Lipinski definition) is 5. The van der Waals surface area contributed by atoms with E-state index in [-0.39, 0.29) is 12.4 Å². The van der Waals surface area contributed by atoms with Crippen molar-refractivity contribution < 1.29 is 4.74 Å². The number of likely N-dealkylation sites (tertiary alicyclic amines) is 1. The summed E-state index contributed by atoms with van der Waals surface area (Å²) in [5.74, 6) is 1.30. The maximum absolute atomic E-state index is 6.37. The van der Waals surface area contributed by atoms with Gasteiger partial charge >= 0.3 is 0 Å². The van der Waals surface area contributed by atoms with E-state index < -0.39 is 0 Å². The van der Waals surface area contributed by atoms with E-state index in [0.717, 1.165) is 24.3 Å². The second-order valence-corrected chi connectivity index (χ2v) is 8.68. The van der Waals surface area contributed by atoms with Gasteiger partial charge in [0, 0.05) is 22.2 Å². The molecule has 0 saturated carbocycles. The lowest BCUT2D eigenvalue weighted by molar-refractivity contribution is 0.124. The molecule has 6 nitrogen and oxygen atoms in total. The number of benzene rings is 2. The molecule has 1 aliphatic rings. The van der Waals surface area contributed by atoms with Crippen LogP contribution in [0.5, 0.6) is 5.75 Å². The van der Waals surface area contributed by atoms with Crippen molar-refractivity contribution in [2.24, 2.45) is 0 Å². The molecule has 3 aromatic rings. The van der Waals surface area contributed by atoms with Crippen LogP contribution in [0, 0.1) is 0 Å². The molecule has 1 aromatic heterocycles. The van der Waals surface area contributed by atoms with Gasteiger partial charge in [-0.2, -0.15) is 0 Å². The Morgan fingerprint density at radius 3 is 2.77 bits per heavy atom. The van der Waals surface area contributed by atoms with E-state index in [0.29, 0.717) is 45.6 Å². The molecular weight excluding hydrogens is 480 g/mol. The number of likely N-dealkylation sites (N-methyl/N-ethyl adjacent to an activating group) is 1. The molecule has 0 spiro atoms. The number of halogens is 4. The van der Waals surface area contributed by atoms with E-state index in [1.54, 1.807) is 10.7 Å². The zero-order chi connectivity index (χ0) is 21.1. The van der Waals surface area contributed by atoms with Gasteiger partial charge in [-0.15, -0.1) is 17.5 Å². The average molecular weight is 503 g/mol. The topological polar surface area (TPSA) is 56.1 Å². The summed E-state index contributed by atoms with van der Waals surface area (Å²) in [6.07, 6.45) is 3.62. The molecule has 2 aromatic carbocycles. The van der Waals surface area contributed by atoms with Gasteiger partial charge in [0.25, 0.3) is 0 Å². The highest BCUT2D eigenvalue weighted by Gasteiger charge is 2.21. The Kier molecular flexibility index (Phi) is 8.42. The minimum atomic E-state index is 0. The Balaban J connectivity index is 0.00000272. The smallest absolute Gasteiger partial charge is 0.183 e. The molecule has 1 aliphatic heterocycles. The third-order valence-electron chi connectivity index (χ3n) is 5.42. The third-order valence-corrected chi connectivity index (χ3v) is 6.47. The Bertz CT molecular complexity index is 1030. The van der Waals surface area contributed by atoms with Gasteiger partial charge in [0.1, 0.15) is 12.4 Å². The average Bonchev–Trinajstić information content (AvgIpc) is 3.18. The zero-order valence-corrected chi connectivity index (χ0v) is 20.1. The summed E-state index contributed by atoms with van der Waals surface area (Å²) in [7, 11) is 2.15. The van der Waals surface area contributed by atoms with E-state index in [2.05, 4.69) is 27.5 Å². The summed E-state index contributed by atoms with van der Waals surface area (Å²) >= 11 is 18.8. The lowest BCUT2D eigenvalue weighted by Gasteiger charge is -2.32. The molecule has 1 atom stereocenters. The van der Waals surface area contributed by atoms with Gasteiger partial charge in [-0.1, -0.05) is 47.3 Å². The highest BCUT2D eigenvalue weighted by molar-refractivity contribution is 6.43. The molecule has 2 heterocycles. The molecule has 31 heavy (non-hydrogen) atoms. The first-order valence-electron chi connectivity index (χ1n) is 9.85. The molecule has 0 bridgehead atoms. The molecule has 166 valence electrons. The quantitative estimate of drug-likeness (QED) is 0.437. The summed E-state index contributed by atoms with van der Waals surface area (Å²) in [6.45, 7) is 2.13. The van der Waals surface area contributed by atoms with Gasteiger partial charge in [0.05, 0.1) is 16.6 Å². The monoisotopic (exact) mass is 501 g/mol. The van der Waals surface area contributed by atoms with Gasteiger partial charge in [0.2, 0.25) is 0 Å². The highest BCUT2D eigenvalue weighted by Crippen LogP contribution is 2.33. The van der Waals surface area contributed by atoms with Crippen molar-refractivity contribution in [1.82, 2.24) is 25.1 Å². The van der Waals surface area contributed by atoms with Crippen molar-refractivity contribution in [3.05, 3.63) is 57.0 Å². The predicted octanol–water partition coefficient (Wildman–Crippen LogP) is 5.63. The van der Waals surface area contributed by atoms with Crippen molar-refractivity contribution in [1.29, 1.82) is 0 Å². The van der Waals surface area contributed by atoms with Crippen LogP contribution in [0.15, 0.2) is 36.4 Å². The lowest BCUT2D eigenvalue weighted by atomic mass is 10.0. The minimum absolute atomic E-state index is 0. The Hall–Kier alpha value is -1.57. The number of aromatic nitrogens is 4. The van der Waals surface area contributed by atoms with Gasteiger partial charge in [0.15, 0.2) is 5.82 Å². The van der Waals surface area contributed by atoms with Crippen LogP contribution in [-0.4, -0.2) is 51.3 Å². The highest BCUT2D eigenvalue weighted by atomic mass is 35.5. The predicted molar refractivity (Wildman–Crippen MR) is 127 cm³/mol. The molecule has 0 radical (unpaired) electrons. The first-order chi connectivity index (χ1) is 14.5. The summed E-state index contributed by atoms with van der Waals surface area (Å²) in [5, 5.41) is 13.6. The largest absolute Gasteiger partial charge is 0.492 e. The standard InChI is InChI=1S/C21H22Cl3N5O.ClH/c1-28-10-3-2-5-16(28)13-30-19-9-8-15(22)11-14(19)12-29-21(25-26-27-29)17-6-4-7-18(23)20(17)24;/h4,6-9,11,16H,2-3,5,10,12-13H2,1H3;1H. The van der Waals surface area contributed by atoms with Crippen LogP contribution in [0.2, 0.25) is 15.1 Å². The Morgan fingerprint density at radius 1 is 1.13 bits per heavy atom. The molecule has 1 fully saturated rings. The summed E-state index contributed by atoms with van der Waals surface area (Å²) in [5.41, 5.74) is 1.56. The van der Waals surface area contributed by atoms with Crippen LogP contribution in [0.3, 0.4) is 0 Å². The van der Waals surface area contributed by atoms with E-state index in [4.69, 9.17) is 39.5 Å². The molecule has 0 aliphatic carbocycles. The van der Waals surface area contributed by atoms with Crippen molar-refractivity contribution in [2.75, 3.05) is 20.2 Å². The Morgan fingerprint density at radius 2 is 1.97 bits per heavy atom. The second kappa shape index (κ2) is 10.8. The van der Waals surface area contributed by atoms with E-state index in [9.17, 15) is 0 Å². The molecule has 1 saturated heterocycles. The number of hydrogen-bond donors (Lipinski definition) is 0. The molecular formula is C21H23Cl4N5O. The number of tetrazole rings is 1. The van der Waals surface area contributed by atoms with Crippen molar-refractivity contribution in [3.8, 4) is 17.1 Å². The van der Waals surface area contributed by atoms with Crippen LogP contribution >= 0.6 is 47.2 Å². The van der Waals surface area contributed by atoms with Crippen molar-refractivity contribution >= 4 is 47.2 Å². The van der Waals surface area contributed by atoms with Crippen LogP contribution < -0.4 is 4.74 Å². The maximum atomic E-state index is 6.37. The number of ether oxygens (including phenoxy) is 1. The van der Waals surface area contributed by atoms with Gasteiger partial charge in [-0.3, -0.25) is 0 Å². The second-order valence-electron chi connectivity index (χ2n) is 7.45. The first kappa shape index (κ1) is 24.1. The summed E-state index contributed by atoms with van der Waals surface area (Å²) in [6, 6.07) is 11.4. The summed E-state index contributed by atoms with van der Waals surface area (Å²) < 4.78 is 7.88. The van der Waals surface area contributed by atoms with E-state index >= 15 is 0 Å². The molecule has 10 heteroatoms. The van der Waals surface area contributed by atoms with Gasteiger partial charge < -0.3 is 9.64 Å². The first-order valence-corrected chi connectivity index (χ1v) is 11.0. The van der Waals surface area contributed by atoms with Crippen LogP contribution in [0.1, 0.15) is 24.8 Å². The normalized spacial score (nSPS) is 16.7. The minimum Gasteiger partial charge on any atom is -0.492 e. The van der Waals surface area contributed by atoms with E-state index in [1.165, 1.54) is 12.8 Å². The SMILES string of the molecule is CN1CCCCC1COc1ccc(Cl)cc1Cn1nnnc1-c1cccc(Cl)c1Cl.Cl. The van der Waals surface area contributed by atoms with Gasteiger partial charge in [-0.25, -0.2) is 4.68 Å². The molecule has 1 unspecified atom stereocenters. The fourth-order valence-electron chi connectivity index (χ4n) is 3.69.